The molecule has 1 aliphatic rings. The lowest BCUT2D eigenvalue weighted by atomic mass is 9.94. The molecule has 2 atom stereocenters. The molecule has 0 aliphatic carbocycles. The van der Waals surface area contributed by atoms with E-state index in [1.165, 1.54) is 22.9 Å². The highest BCUT2D eigenvalue weighted by Crippen LogP contribution is 2.34. The van der Waals surface area contributed by atoms with Crippen LogP contribution < -0.4 is 5.32 Å². The molecule has 176 valence electrons. The van der Waals surface area contributed by atoms with E-state index in [0.29, 0.717) is 5.56 Å². The predicted octanol–water partition coefficient (Wildman–Crippen LogP) is 4.04. The second-order valence-electron chi connectivity index (χ2n) is 8.01. The molecule has 1 aliphatic heterocycles. The third-order valence-corrected chi connectivity index (χ3v) is 7.80. The molecule has 0 saturated carbocycles. The van der Waals surface area contributed by atoms with Crippen LogP contribution in [-0.2, 0) is 29.8 Å². The van der Waals surface area contributed by atoms with Crippen molar-refractivity contribution in [1.82, 2.24) is 19.2 Å². The van der Waals surface area contributed by atoms with Gasteiger partial charge in [-0.2, -0.15) is 17.5 Å². The van der Waals surface area contributed by atoms with Crippen LogP contribution in [0.5, 0.6) is 0 Å². The number of hydrogen-bond donors (Lipinski definition) is 1. The van der Waals surface area contributed by atoms with Gasteiger partial charge in [-0.3, -0.25) is 0 Å². The van der Waals surface area contributed by atoms with Crippen molar-refractivity contribution in [3.05, 3.63) is 82.8 Å². The zero-order valence-electron chi connectivity index (χ0n) is 17.6. The number of alkyl halides is 3. The first-order valence-corrected chi connectivity index (χ1v) is 12.0. The Morgan fingerprint density at radius 2 is 1.88 bits per heavy atom. The van der Waals surface area contributed by atoms with Gasteiger partial charge in [0.1, 0.15) is 0 Å². The van der Waals surface area contributed by atoms with Crippen LogP contribution in [0.3, 0.4) is 0 Å². The van der Waals surface area contributed by atoms with Crippen molar-refractivity contribution >= 4 is 21.6 Å². The number of nitrogens with one attached hydrogen (secondary N) is 1. The van der Waals surface area contributed by atoms with Crippen LogP contribution in [0.2, 0.25) is 5.02 Å². The van der Waals surface area contributed by atoms with Crippen LogP contribution in [0, 0.1) is 0 Å². The molecule has 2 heterocycles. The van der Waals surface area contributed by atoms with Crippen molar-refractivity contribution in [3.8, 4) is 0 Å². The standard InChI is InChI=1S/C22H22ClF3N4O2S/c1-29-13-21(28-14-29)33(31,32)30-11-18(15-5-3-2-4-6-15)20(12-30)27-10-16-7-8-17(9-19(16)23)22(24,25)26/h2-9,13-14,18,20,27H,10-12H2,1H3/t18-,20+/m1/s1. The second kappa shape index (κ2) is 9.09. The number of rotatable bonds is 6. The SMILES string of the molecule is Cn1cnc(S(=O)(=O)N2C[C@H](NCc3ccc(C(F)(F)F)cc3Cl)[C@@H](c3ccccc3)C2)c1. The van der Waals surface area contributed by atoms with Crippen LogP contribution in [0.25, 0.3) is 0 Å². The van der Waals surface area contributed by atoms with E-state index >= 15 is 0 Å². The fraction of sp³-hybridized carbons (Fsp3) is 0.318. The van der Waals surface area contributed by atoms with E-state index in [2.05, 4.69) is 10.3 Å². The van der Waals surface area contributed by atoms with Crippen molar-refractivity contribution in [3.63, 3.8) is 0 Å². The lowest BCUT2D eigenvalue weighted by Crippen LogP contribution is -2.36. The molecular formula is C22H22ClF3N4O2S. The number of halogens is 4. The molecule has 1 fully saturated rings. The van der Waals surface area contributed by atoms with E-state index in [1.807, 2.05) is 30.3 Å². The summed E-state index contributed by atoms with van der Waals surface area (Å²) in [6, 6.07) is 12.5. The molecule has 6 nitrogen and oxygen atoms in total. The van der Waals surface area contributed by atoms with E-state index in [0.717, 1.165) is 17.7 Å². The summed E-state index contributed by atoms with van der Waals surface area (Å²) < 4.78 is 68.0. The Bertz CT molecular complexity index is 1230. The lowest BCUT2D eigenvalue weighted by molar-refractivity contribution is -0.137. The van der Waals surface area contributed by atoms with Gasteiger partial charge < -0.3 is 9.88 Å². The van der Waals surface area contributed by atoms with Gasteiger partial charge in [-0.25, -0.2) is 13.4 Å². The monoisotopic (exact) mass is 498 g/mol. The number of sulfonamides is 1. The van der Waals surface area contributed by atoms with Gasteiger partial charge in [0.15, 0.2) is 5.03 Å². The summed E-state index contributed by atoms with van der Waals surface area (Å²) in [5.74, 6) is -0.155. The Hall–Kier alpha value is -2.40. The Morgan fingerprint density at radius 3 is 2.48 bits per heavy atom. The van der Waals surface area contributed by atoms with E-state index in [4.69, 9.17) is 11.6 Å². The van der Waals surface area contributed by atoms with Gasteiger partial charge in [-0.05, 0) is 23.3 Å². The van der Waals surface area contributed by atoms with Crippen molar-refractivity contribution in [2.24, 2.45) is 7.05 Å². The molecule has 1 aromatic heterocycles. The van der Waals surface area contributed by atoms with Crippen molar-refractivity contribution in [2.45, 2.75) is 29.7 Å². The average Bonchev–Trinajstić information content (AvgIpc) is 3.40. The van der Waals surface area contributed by atoms with Crippen molar-refractivity contribution < 1.29 is 21.6 Å². The van der Waals surface area contributed by atoms with Crippen LogP contribution in [0.1, 0.15) is 22.6 Å². The topological polar surface area (TPSA) is 67.2 Å². The fourth-order valence-electron chi connectivity index (χ4n) is 3.97. The number of nitrogens with zero attached hydrogens (tertiary/aromatic N) is 3. The minimum absolute atomic E-state index is 0.00421. The smallest absolute Gasteiger partial charge is 0.339 e. The summed E-state index contributed by atoms with van der Waals surface area (Å²) >= 11 is 6.10. The highest BCUT2D eigenvalue weighted by molar-refractivity contribution is 7.89. The molecule has 0 amide bonds. The summed E-state index contributed by atoms with van der Waals surface area (Å²) in [7, 11) is -2.10. The van der Waals surface area contributed by atoms with Gasteiger partial charge in [0.25, 0.3) is 10.0 Å². The van der Waals surface area contributed by atoms with Gasteiger partial charge in [0.2, 0.25) is 0 Å². The Morgan fingerprint density at radius 1 is 1.15 bits per heavy atom. The Balaban J connectivity index is 1.56. The van der Waals surface area contributed by atoms with E-state index < -0.39 is 21.8 Å². The number of benzene rings is 2. The van der Waals surface area contributed by atoms with E-state index in [-0.39, 0.29) is 41.6 Å². The summed E-state index contributed by atoms with van der Waals surface area (Å²) in [4.78, 5) is 3.99. The minimum atomic E-state index is -4.47. The number of aromatic nitrogens is 2. The van der Waals surface area contributed by atoms with Crippen molar-refractivity contribution in [2.75, 3.05) is 13.1 Å². The van der Waals surface area contributed by atoms with E-state index in [1.54, 1.807) is 11.6 Å². The summed E-state index contributed by atoms with van der Waals surface area (Å²) in [6.07, 6.45) is -1.59. The van der Waals surface area contributed by atoms with Crippen molar-refractivity contribution in [1.29, 1.82) is 0 Å². The minimum Gasteiger partial charge on any atom is -0.339 e. The molecule has 0 spiro atoms. The van der Waals surface area contributed by atoms with Crippen LogP contribution in [0.15, 0.2) is 66.1 Å². The molecule has 3 aromatic rings. The third kappa shape index (κ3) is 5.08. The van der Waals surface area contributed by atoms with Gasteiger partial charge in [0.05, 0.1) is 11.9 Å². The zero-order valence-corrected chi connectivity index (χ0v) is 19.2. The first kappa shape index (κ1) is 23.7. The number of imidazole rings is 1. The number of hydrogen-bond acceptors (Lipinski definition) is 4. The first-order chi connectivity index (χ1) is 15.6. The maximum Gasteiger partial charge on any atom is 0.416 e. The summed E-state index contributed by atoms with van der Waals surface area (Å²) in [5.41, 5.74) is 0.654. The van der Waals surface area contributed by atoms with E-state index in [9.17, 15) is 21.6 Å². The average molecular weight is 499 g/mol. The maximum absolute atomic E-state index is 13.1. The normalized spacial score (nSPS) is 19.8. The highest BCUT2D eigenvalue weighted by atomic mass is 35.5. The Labute approximate surface area is 195 Å². The predicted molar refractivity (Wildman–Crippen MR) is 118 cm³/mol. The summed E-state index contributed by atoms with van der Waals surface area (Å²) in [5, 5.41) is 3.29. The molecule has 1 saturated heterocycles. The molecule has 0 radical (unpaired) electrons. The third-order valence-electron chi connectivity index (χ3n) is 5.73. The molecular weight excluding hydrogens is 477 g/mol. The first-order valence-electron chi connectivity index (χ1n) is 10.2. The molecule has 11 heteroatoms. The van der Waals surface area contributed by atoms with Crippen LogP contribution in [-0.4, -0.2) is 41.4 Å². The molecule has 1 N–H and O–H groups in total. The molecule has 0 bridgehead atoms. The van der Waals surface area contributed by atoms with Gasteiger partial charge in [-0.15, -0.1) is 0 Å². The molecule has 4 rings (SSSR count). The number of aryl methyl sites for hydroxylation is 1. The highest BCUT2D eigenvalue weighted by Gasteiger charge is 2.40. The second-order valence-corrected chi connectivity index (χ2v) is 10.3. The zero-order chi connectivity index (χ0) is 23.8. The lowest BCUT2D eigenvalue weighted by Gasteiger charge is -2.21. The van der Waals surface area contributed by atoms with Gasteiger partial charge in [0, 0.05) is 49.9 Å². The molecule has 33 heavy (non-hydrogen) atoms. The maximum atomic E-state index is 13.1. The Kier molecular flexibility index (Phi) is 6.54. The molecule has 2 aromatic carbocycles. The fourth-order valence-corrected chi connectivity index (χ4v) is 5.68. The van der Waals surface area contributed by atoms with Gasteiger partial charge in [-0.1, -0.05) is 48.0 Å². The molecule has 0 unspecified atom stereocenters. The van der Waals surface area contributed by atoms with Crippen LogP contribution >= 0.6 is 11.6 Å². The quantitative estimate of drug-likeness (QED) is 0.557. The van der Waals surface area contributed by atoms with Crippen LogP contribution in [0.4, 0.5) is 13.2 Å². The summed E-state index contributed by atoms with van der Waals surface area (Å²) in [6.45, 7) is 0.639. The van der Waals surface area contributed by atoms with Gasteiger partial charge >= 0.3 is 6.18 Å². The largest absolute Gasteiger partial charge is 0.416 e.